The minimum absolute atomic E-state index is 0.0457. The number of halogens is 3. The maximum Gasteiger partial charge on any atom is 0.416 e. The summed E-state index contributed by atoms with van der Waals surface area (Å²) >= 11 is 0. The highest BCUT2D eigenvalue weighted by atomic mass is 32.2. The Labute approximate surface area is 154 Å². The Hall–Kier alpha value is -2.59. The maximum atomic E-state index is 12.9. The van der Waals surface area contributed by atoms with Gasteiger partial charge in [0, 0.05) is 5.56 Å². The van der Waals surface area contributed by atoms with Gasteiger partial charge in [0.05, 0.1) is 22.8 Å². The van der Waals surface area contributed by atoms with Crippen LogP contribution in [0.2, 0.25) is 0 Å². The summed E-state index contributed by atoms with van der Waals surface area (Å²) < 4.78 is 69.5. The Kier molecular flexibility index (Phi) is 6.11. The maximum absolute atomic E-state index is 12.9. The third-order valence-corrected chi connectivity index (χ3v) is 4.98. The van der Waals surface area contributed by atoms with Crippen molar-refractivity contribution in [1.82, 2.24) is 4.72 Å². The number of sulfonamides is 1. The van der Waals surface area contributed by atoms with Crippen molar-refractivity contribution < 1.29 is 31.1 Å². The molecule has 0 saturated carbocycles. The molecule has 0 fully saturated rings. The Morgan fingerprint density at radius 3 is 2.26 bits per heavy atom. The van der Waals surface area contributed by atoms with Gasteiger partial charge in [-0.3, -0.25) is 4.79 Å². The van der Waals surface area contributed by atoms with Gasteiger partial charge in [-0.2, -0.15) is 13.2 Å². The highest BCUT2D eigenvalue weighted by molar-refractivity contribution is 7.89. The number of nitrogens with one attached hydrogen (secondary N) is 2. The van der Waals surface area contributed by atoms with E-state index in [1.54, 1.807) is 6.92 Å². The van der Waals surface area contributed by atoms with Crippen LogP contribution in [-0.4, -0.2) is 28.0 Å². The third-order valence-electron chi connectivity index (χ3n) is 3.55. The Morgan fingerprint density at radius 2 is 1.74 bits per heavy atom. The van der Waals surface area contributed by atoms with Crippen LogP contribution in [-0.2, 0) is 16.2 Å². The van der Waals surface area contributed by atoms with Gasteiger partial charge in [0.1, 0.15) is 5.75 Å². The molecular formula is C17H17F3N2O4S. The topological polar surface area (TPSA) is 84.5 Å². The quantitative estimate of drug-likeness (QED) is 0.777. The van der Waals surface area contributed by atoms with Crippen LogP contribution in [0.25, 0.3) is 0 Å². The SMILES string of the molecule is CCOc1ccc(C(F)(F)F)cc1NC(=O)c1ccc(S(=O)(=O)NC)cc1. The van der Waals surface area contributed by atoms with Crippen molar-refractivity contribution in [3.05, 3.63) is 53.6 Å². The van der Waals surface area contributed by atoms with Crippen molar-refractivity contribution in [3.8, 4) is 5.75 Å². The average molecular weight is 402 g/mol. The van der Waals surface area contributed by atoms with Gasteiger partial charge in [-0.1, -0.05) is 0 Å². The highest BCUT2D eigenvalue weighted by Crippen LogP contribution is 2.35. The van der Waals surface area contributed by atoms with Crippen LogP contribution in [0.4, 0.5) is 18.9 Å². The van der Waals surface area contributed by atoms with Gasteiger partial charge in [0.25, 0.3) is 5.91 Å². The van der Waals surface area contributed by atoms with Crippen LogP contribution < -0.4 is 14.8 Å². The van der Waals surface area contributed by atoms with E-state index in [1.165, 1.54) is 31.3 Å². The zero-order chi connectivity index (χ0) is 20.2. The number of hydrogen-bond acceptors (Lipinski definition) is 4. The first kappa shape index (κ1) is 20.7. The van der Waals surface area contributed by atoms with Crippen LogP contribution in [0.3, 0.4) is 0 Å². The predicted octanol–water partition coefficient (Wildman–Crippen LogP) is 3.26. The third kappa shape index (κ3) is 4.98. The first-order valence-electron chi connectivity index (χ1n) is 7.77. The lowest BCUT2D eigenvalue weighted by molar-refractivity contribution is -0.137. The second-order valence-corrected chi connectivity index (χ2v) is 7.21. The summed E-state index contributed by atoms with van der Waals surface area (Å²) in [6, 6.07) is 7.72. The zero-order valence-electron chi connectivity index (χ0n) is 14.4. The molecular weight excluding hydrogens is 385 g/mol. The van der Waals surface area contributed by atoms with E-state index in [2.05, 4.69) is 10.0 Å². The minimum atomic E-state index is -4.58. The Bertz CT molecular complexity index is 926. The molecule has 0 saturated heterocycles. The molecule has 0 aliphatic heterocycles. The van der Waals surface area contributed by atoms with Crippen LogP contribution in [0.1, 0.15) is 22.8 Å². The number of anilines is 1. The molecule has 0 aliphatic carbocycles. The molecule has 27 heavy (non-hydrogen) atoms. The van der Waals surface area contributed by atoms with Crippen molar-refractivity contribution in [1.29, 1.82) is 0 Å². The number of alkyl halides is 3. The highest BCUT2D eigenvalue weighted by Gasteiger charge is 2.31. The number of rotatable bonds is 6. The molecule has 0 atom stereocenters. The van der Waals surface area contributed by atoms with E-state index in [0.29, 0.717) is 0 Å². The molecule has 0 unspecified atom stereocenters. The van der Waals surface area contributed by atoms with Crippen LogP contribution in [0.5, 0.6) is 5.75 Å². The summed E-state index contributed by atoms with van der Waals surface area (Å²) in [7, 11) is -2.41. The number of hydrogen-bond donors (Lipinski definition) is 2. The predicted molar refractivity (Wildman–Crippen MR) is 93.3 cm³/mol. The number of amides is 1. The Morgan fingerprint density at radius 1 is 1.11 bits per heavy atom. The van der Waals surface area contributed by atoms with Gasteiger partial charge >= 0.3 is 6.18 Å². The summed E-state index contributed by atoms with van der Waals surface area (Å²) in [5.74, 6) is -0.614. The fraction of sp³-hybridized carbons (Fsp3) is 0.235. The van der Waals surface area contributed by atoms with Crippen molar-refractivity contribution in [2.45, 2.75) is 18.0 Å². The van der Waals surface area contributed by atoms with Gasteiger partial charge in [-0.15, -0.1) is 0 Å². The molecule has 2 rings (SSSR count). The first-order valence-corrected chi connectivity index (χ1v) is 9.26. The molecule has 2 N–H and O–H groups in total. The molecule has 6 nitrogen and oxygen atoms in total. The normalized spacial score (nSPS) is 11.9. The van der Waals surface area contributed by atoms with Crippen molar-refractivity contribution >= 4 is 21.6 Å². The number of carbonyl (C=O) groups is 1. The fourth-order valence-corrected chi connectivity index (χ4v) is 2.91. The second-order valence-electron chi connectivity index (χ2n) is 5.33. The van der Waals surface area contributed by atoms with Crippen LogP contribution in [0, 0.1) is 0 Å². The van der Waals surface area contributed by atoms with E-state index < -0.39 is 27.7 Å². The van der Waals surface area contributed by atoms with E-state index in [9.17, 15) is 26.4 Å². The second kappa shape index (κ2) is 7.97. The van der Waals surface area contributed by atoms with Crippen molar-refractivity contribution in [2.24, 2.45) is 0 Å². The fourth-order valence-electron chi connectivity index (χ4n) is 2.18. The van der Waals surface area contributed by atoms with E-state index in [4.69, 9.17) is 4.74 Å². The van der Waals surface area contributed by atoms with E-state index >= 15 is 0 Å². The van der Waals surface area contributed by atoms with Crippen molar-refractivity contribution in [2.75, 3.05) is 19.0 Å². The number of carbonyl (C=O) groups excluding carboxylic acids is 1. The van der Waals surface area contributed by atoms with E-state index in [1.807, 2.05) is 0 Å². The molecule has 146 valence electrons. The summed E-state index contributed by atoms with van der Waals surface area (Å²) in [4.78, 5) is 12.3. The molecule has 2 aromatic carbocycles. The van der Waals surface area contributed by atoms with Gasteiger partial charge in [0.15, 0.2) is 0 Å². The summed E-state index contributed by atoms with van der Waals surface area (Å²) in [5.41, 5.74) is -0.995. The largest absolute Gasteiger partial charge is 0.492 e. The lowest BCUT2D eigenvalue weighted by Crippen LogP contribution is -2.19. The molecule has 0 heterocycles. The average Bonchev–Trinajstić information content (AvgIpc) is 2.62. The summed E-state index contributed by atoms with van der Waals surface area (Å²) in [5, 5.41) is 2.37. The first-order chi connectivity index (χ1) is 12.6. The molecule has 2 aromatic rings. The van der Waals surface area contributed by atoms with Crippen molar-refractivity contribution in [3.63, 3.8) is 0 Å². The monoisotopic (exact) mass is 402 g/mol. The van der Waals surface area contributed by atoms with Crippen LogP contribution in [0.15, 0.2) is 47.4 Å². The lowest BCUT2D eigenvalue weighted by atomic mass is 10.1. The summed E-state index contributed by atoms with van der Waals surface area (Å²) in [6.45, 7) is 1.86. The van der Waals surface area contributed by atoms with E-state index in [0.717, 1.165) is 18.2 Å². The molecule has 0 spiro atoms. The standard InChI is InChI=1S/C17H17F3N2O4S/c1-3-26-15-9-6-12(17(18,19)20)10-14(15)22-16(23)11-4-7-13(8-5-11)27(24,25)21-2/h4-10,21H,3H2,1-2H3,(H,22,23). The smallest absolute Gasteiger partial charge is 0.416 e. The minimum Gasteiger partial charge on any atom is -0.492 e. The molecule has 0 radical (unpaired) electrons. The summed E-state index contributed by atoms with van der Waals surface area (Å²) in [6.07, 6.45) is -4.58. The zero-order valence-corrected chi connectivity index (χ0v) is 15.2. The molecule has 0 aliphatic rings. The van der Waals surface area contributed by atoms with Gasteiger partial charge in [-0.05, 0) is 56.4 Å². The van der Waals surface area contributed by atoms with Crippen LogP contribution >= 0.6 is 0 Å². The van der Waals surface area contributed by atoms with E-state index in [-0.39, 0.29) is 28.5 Å². The number of benzene rings is 2. The molecule has 1 amide bonds. The van der Waals surface area contributed by atoms with Gasteiger partial charge in [-0.25, -0.2) is 13.1 Å². The number of ether oxygens (including phenoxy) is 1. The van der Waals surface area contributed by atoms with Gasteiger partial charge < -0.3 is 10.1 Å². The molecule has 0 bridgehead atoms. The lowest BCUT2D eigenvalue weighted by Gasteiger charge is -2.15. The molecule has 0 aromatic heterocycles. The van der Waals surface area contributed by atoms with Gasteiger partial charge in [0.2, 0.25) is 10.0 Å². The Balaban J connectivity index is 2.31. The molecule has 10 heteroatoms.